The fourth-order valence-electron chi connectivity index (χ4n) is 2.47. The van der Waals surface area contributed by atoms with Crippen molar-refractivity contribution in [1.29, 1.82) is 0 Å². The molecule has 1 saturated heterocycles. The molecular weight excluding hydrogens is 280 g/mol. The maximum absolute atomic E-state index is 12.6. The maximum atomic E-state index is 12.6. The van der Waals surface area contributed by atoms with Gasteiger partial charge >= 0.3 is 5.97 Å². The number of rotatable bonds is 3. The van der Waals surface area contributed by atoms with Crippen LogP contribution in [0.15, 0.2) is 23.1 Å². The molecule has 0 spiro atoms. The van der Waals surface area contributed by atoms with E-state index in [0.717, 1.165) is 19.3 Å². The highest BCUT2D eigenvalue weighted by atomic mass is 32.2. The summed E-state index contributed by atoms with van der Waals surface area (Å²) in [6.45, 7) is 2.35. The summed E-state index contributed by atoms with van der Waals surface area (Å²) in [6, 6.07) is 3.66. The third-order valence-electron chi connectivity index (χ3n) is 3.59. The molecule has 0 aromatic heterocycles. The van der Waals surface area contributed by atoms with Crippen LogP contribution in [0.4, 0.5) is 5.69 Å². The number of benzene rings is 1. The second-order valence-electron chi connectivity index (χ2n) is 5.02. The number of hydrogen-bond donors (Lipinski definition) is 2. The summed E-state index contributed by atoms with van der Waals surface area (Å²) in [7, 11) is -3.67. The first kappa shape index (κ1) is 14.8. The van der Waals surface area contributed by atoms with E-state index in [1.54, 1.807) is 0 Å². The molecule has 1 atom stereocenters. The highest BCUT2D eigenvalue weighted by Crippen LogP contribution is 2.28. The van der Waals surface area contributed by atoms with Gasteiger partial charge in [0.25, 0.3) is 0 Å². The first-order valence-electron chi connectivity index (χ1n) is 6.48. The Bertz CT molecular complexity index is 627. The number of carbonyl (C=O) groups is 1. The lowest BCUT2D eigenvalue weighted by molar-refractivity contribution is 0.0697. The summed E-state index contributed by atoms with van der Waals surface area (Å²) in [5.41, 5.74) is 5.68. The van der Waals surface area contributed by atoms with Gasteiger partial charge in [-0.1, -0.05) is 6.42 Å². The highest BCUT2D eigenvalue weighted by molar-refractivity contribution is 7.89. The van der Waals surface area contributed by atoms with Crippen molar-refractivity contribution in [2.24, 2.45) is 0 Å². The monoisotopic (exact) mass is 298 g/mol. The van der Waals surface area contributed by atoms with E-state index in [1.165, 1.54) is 22.5 Å². The Morgan fingerprint density at radius 2 is 2.10 bits per heavy atom. The van der Waals surface area contributed by atoms with E-state index in [4.69, 9.17) is 10.8 Å². The molecule has 1 aliphatic rings. The van der Waals surface area contributed by atoms with Crippen LogP contribution < -0.4 is 5.73 Å². The molecule has 1 aromatic carbocycles. The number of nitrogen functional groups attached to an aromatic ring is 1. The number of nitrogens with zero attached hydrogens (tertiary/aromatic N) is 1. The van der Waals surface area contributed by atoms with Crippen molar-refractivity contribution in [3.05, 3.63) is 23.8 Å². The Morgan fingerprint density at radius 1 is 1.40 bits per heavy atom. The molecule has 1 aliphatic heterocycles. The molecule has 6 nitrogen and oxygen atoms in total. The molecule has 0 saturated carbocycles. The maximum Gasteiger partial charge on any atom is 0.335 e. The van der Waals surface area contributed by atoms with E-state index in [0.29, 0.717) is 6.54 Å². The minimum absolute atomic E-state index is 0.0174. The SMILES string of the molecule is CC1CCCCN1S(=O)(=O)c1ccc(C(=O)O)cc1N. The lowest BCUT2D eigenvalue weighted by atomic mass is 10.1. The molecular formula is C13H18N2O4S. The topological polar surface area (TPSA) is 101 Å². The number of hydrogen-bond acceptors (Lipinski definition) is 4. The first-order valence-corrected chi connectivity index (χ1v) is 7.92. The van der Waals surface area contributed by atoms with Crippen LogP contribution in [-0.2, 0) is 10.0 Å². The smallest absolute Gasteiger partial charge is 0.335 e. The van der Waals surface area contributed by atoms with Gasteiger partial charge in [-0.25, -0.2) is 13.2 Å². The summed E-state index contributed by atoms with van der Waals surface area (Å²) in [4.78, 5) is 10.8. The van der Waals surface area contributed by atoms with Crippen LogP contribution in [0.3, 0.4) is 0 Å². The van der Waals surface area contributed by atoms with Gasteiger partial charge in [-0.3, -0.25) is 0 Å². The zero-order valence-corrected chi connectivity index (χ0v) is 12.1. The lowest BCUT2D eigenvalue weighted by Crippen LogP contribution is -2.42. The lowest BCUT2D eigenvalue weighted by Gasteiger charge is -2.32. The molecule has 20 heavy (non-hydrogen) atoms. The minimum Gasteiger partial charge on any atom is -0.478 e. The third kappa shape index (κ3) is 2.64. The zero-order chi connectivity index (χ0) is 14.9. The second kappa shape index (κ2) is 5.41. The standard InChI is InChI=1S/C13H18N2O4S/c1-9-4-2-3-7-15(9)20(18,19)12-6-5-10(13(16)17)8-11(12)14/h5-6,8-9H,2-4,7,14H2,1H3,(H,16,17). The van der Waals surface area contributed by atoms with Crippen LogP contribution in [0.5, 0.6) is 0 Å². The predicted octanol–water partition coefficient (Wildman–Crippen LogP) is 1.53. The average Bonchev–Trinajstić information content (AvgIpc) is 2.38. The summed E-state index contributed by atoms with van der Waals surface area (Å²) in [5, 5.41) is 8.88. The van der Waals surface area contributed by atoms with Crippen LogP contribution in [0.2, 0.25) is 0 Å². The molecule has 0 radical (unpaired) electrons. The summed E-state index contributed by atoms with van der Waals surface area (Å²) < 4.78 is 26.6. The highest BCUT2D eigenvalue weighted by Gasteiger charge is 2.32. The summed E-state index contributed by atoms with van der Waals surface area (Å²) >= 11 is 0. The van der Waals surface area contributed by atoms with Gasteiger partial charge in [0.2, 0.25) is 10.0 Å². The molecule has 2 rings (SSSR count). The molecule has 1 aromatic rings. The average molecular weight is 298 g/mol. The zero-order valence-electron chi connectivity index (χ0n) is 11.2. The largest absolute Gasteiger partial charge is 0.478 e. The molecule has 1 unspecified atom stereocenters. The summed E-state index contributed by atoms with van der Waals surface area (Å²) in [5.74, 6) is -1.13. The van der Waals surface area contributed by atoms with Crippen LogP contribution in [0.25, 0.3) is 0 Å². The van der Waals surface area contributed by atoms with Crippen LogP contribution in [0, 0.1) is 0 Å². The Balaban J connectivity index is 2.41. The van der Waals surface area contributed by atoms with Gasteiger partial charge in [0, 0.05) is 12.6 Å². The molecule has 0 bridgehead atoms. The van der Waals surface area contributed by atoms with E-state index >= 15 is 0 Å². The normalized spacial score (nSPS) is 20.8. The fraction of sp³-hybridized carbons (Fsp3) is 0.462. The van der Waals surface area contributed by atoms with Crippen molar-refractivity contribution in [3.8, 4) is 0 Å². The third-order valence-corrected chi connectivity index (χ3v) is 5.67. The Labute approximate surface area is 118 Å². The predicted molar refractivity (Wildman–Crippen MR) is 75.0 cm³/mol. The van der Waals surface area contributed by atoms with Crippen molar-refractivity contribution in [2.45, 2.75) is 37.1 Å². The number of aromatic carboxylic acids is 1. The van der Waals surface area contributed by atoms with Gasteiger partial charge < -0.3 is 10.8 Å². The number of nitrogens with two attached hydrogens (primary N) is 1. The number of carboxylic acid groups (broad SMARTS) is 1. The van der Waals surface area contributed by atoms with E-state index in [-0.39, 0.29) is 22.2 Å². The fourth-order valence-corrected chi connectivity index (χ4v) is 4.27. The molecule has 0 amide bonds. The van der Waals surface area contributed by atoms with Gasteiger partial charge in [0.15, 0.2) is 0 Å². The van der Waals surface area contributed by atoms with Crippen molar-refractivity contribution in [2.75, 3.05) is 12.3 Å². The van der Waals surface area contributed by atoms with E-state index in [9.17, 15) is 13.2 Å². The van der Waals surface area contributed by atoms with Crippen molar-refractivity contribution in [1.82, 2.24) is 4.31 Å². The van der Waals surface area contributed by atoms with Crippen molar-refractivity contribution >= 4 is 21.7 Å². The molecule has 110 valence electrons. The van der Waals surface area contributed by atoms with Gasteiger partial charge in [0.05, 0.1) is 11.3 Å². The van der Waals surface area contributed by atoms with E-state index < -0.39 is 16.0 Å². The Kier molecular flexibility index (Phi) is 4.01. The number of anilines is 1. The molecule has 0 aliphatic carbocycles. The minimum atomic E-state index is -3.67. The summed E-state index contributed by atoms with van der Waals surface area (Å²) in [6.07, 6.45) is 2.67. The quantitative estimate of drug-likeness (QED) is 0.824. The molecule has 1 heterocycles. The van der Waals surface area contributed by atoms with E-state index in [2.05, 4.69) is 0 Å². The van der Waals surface area contributed by atoms with Crippen LogP contribution in [0.1, 0.15) is 36.5 Å². The van der Waals surface area contributed by atoms with Gasteiger partial charge in [-0.15, -0.1) is 0 Å². The Hall–Kier alpha value is -1.60. The second-order valence-corrected chi connectivity index (χ2v) is 6.88. The first-order chi connectivity index (χ1) is 9.34. The number of carboxylic acids is 1. The van der Waals surface area contributed by atoms with Crippen molar-refractivity contribution < 1.29 is 18.3 Å². The van der Waals surface area contributed by atoms with Gasteiger partial charge in [-0.05, 0) is 38.0 Å². The number of piperidine rings is 1. The number of sulfonamides is 1. The molecule has 7 heteroatoms. The van der Waals surface area contributed by atoms with Crippen LogP contribution >= 0.6 is 0 Å². The van der Waals surface area contributed by atoms with Gasteiger partial charge in [-0.2, -0.15) is 4.31 Å². The molecule has 3 N–H and O–H groups in total. The van der Waals surface area contributed by atoms with Crippen molar-refractivity contribution in [3.63, 3.8) is 0 Å². The van der Waals surface area contributed by atoms with E-state index in [1.807, 2.05) is 6.92 Å². The molecule has 1 fully saturated rings. The Morgan fingerprint density at radius 3 is 2.65 bits per heavy atom. The van der Waals surface area contributed by atoms with Gasteiger partial charge in [0.1, 0.15) is 4.90 Å². The van der Waals surface area contributed by atoms with Crippen LogP contribution in [-0.4, -0.2) is 36.4 Å².